The highest BCUT2D eigenvalue weighted by atomic mass is 16.5. The average molecular weight is 560 g/mol. The van der Waals surface area contributed by atoms with Crippen LogP contribution in [0.5, 0.6) is 11.5 Å². The number of phenols is 1. The van der Waals surface area contributed by atoms with Crippen LogP contribution in [-0.2, 0) is 29.2 Å². The van der Waals surface area contributed by atoms with Gasteiger partial charge in [-0.15, -0.1) is 0 Å². The molecule has 0 saturated heterocycles. The number of carbonyl (C=O) groups excluding carboxylic acids is 2. The molecule has 0 spiro atoms. The molecular weight excluding hydrogens is 514 g/mol. The van der Waals surface area contributed by atoms with E-state index in [1.54, 1.807) is 12.1 Å². The Hall–Kier alpha value is -3.84. The van der Waals surface area contributed by atoms with Crippen molar-refractivity contribution in [2.24, 2.45) is 5.92 Å². The van der Waals surface area contributed by atoms with Gasteiger partial charge >= 0.3 is 0 Å². The van der Waals surface area contributed by atoms with Gasteiger partial charge in [0, 0.05) is 18.5 Å². The van der Waals surface area contributed by atoms with E-state index in [2.05, 4.69) is 24.5 Å². The summed E-state index contributed by atoms with van der Waals surface area (Å²) in [6.07, 6.45) is 0.990. The normalized spacial score (nSPS) is 13.1. The third kappa shape index (κ3) is 10.9. The van der Waals surface area contributed by atoms with Crippen LogP contribution in [0.15, 0.2) is 78.9 Å². The zero-order chi connectivity index (χ0) is 30.0. The van der Waals surface area contributed by atoms with E-state index in [1.165, 1.54) is 0 Å². The molecule has 0 heterocycles. The van der Waals surface area contributed by atoms with Crippen LogP contribution in [0.2, 0.25) is 0 Å². The molecule has 3 rings (SSSR count). The molecule has 0 unspecified atom stereocenters. The third-order valence-electron chi connectivity index (χ3n) is 6.64. The Kier molecular flexibility index (Phi) is 11.4. The summed E-state index contributed by atoms with van der Waals surface area (Å²) < 4.78 is 5.91. The molecule has 7 nitrogen and oxygen atoms in total. The van der Waals surface area contributed by atoms with Crippen molar-refractivity contribution < 1.29 is 19.4 Å². The molecule has 41 heavy (non-hydrogen) atoms. The van der Waals surface area contributed by atoms with Crippen molar-refractivity contribution in [3.05, 3.63) is 95.6 Å². The molecule has 3 aromatic carbocycles. The zero-order valence-electron chi connectivity index (χ0n) is 25.2. The maximum atomic E-state index is 13.7. The first-order valence-corrected chi connectivity index (χ1v) is 14.3. The van der Waals surface area contributed by atoms with Crippen LogP contribution in [0.25, 0.3) is 0 Å². The molecule has 0 saturated carbocycles. The minimum Gasteiger partial charge on any atom is -0.508 e. The Morgan fingerprint density at radius 3 is 2.05 bits per heavy atom. The lowest BCUT2D eigenvalue weighted by molar-refractivity contribution is -0.132. The van der Waals surface area contributed by atoms with Crippen LogP contribution in [0.1, 0.15) is 57.7 Å². The number of nitrogens with one attached hydrogen (secondary N) is 2. The van der Waals surface area contributed by atoms with Crippen LogP contribution in [-0.4, -0.2) is 46.5 Å². The van der Waals surface area contributed by atoms with E-state index >= 15 is 0 Å². The van der Waals surface area contributed by atoms with Gasteiger partial charge in [-0.25, -0.2) is 0 Å². The van der Waals surface area contributed by atoms with Gasteiger partial charge in [-0.05, 0) is 81.1 Å². The molecule has 7 heteroatoms. The summed E-state index contributed by atoms with van der Waals surface area (Å²) in [4.78, 5) is 29.1. The van der Waals surface area contributed by atoms with Crippen LogP contribution >= 0.6 is 0 Å². The van der Waals surface area contributed by atoms with E-state index in [1.807, 2.05) is 99.4 Å². The smallest absolute Gasteiger partial charge is 0.243 e. The summed E-state index contributed by atoms with van der Waals surface area (Å²) >= 11 is 0. The largest absolute Gasteiger partial charge is 0.508 e. The summed E-state index contributed by atoms with van der Waals surface area (Å²) in [6, 6.07) is 23.5. The van der Waals surface area contributed by atoms with Crippen LogP contribution in [0, 0.1) is 5.92 Å². The summed E-state index contributed by atoms with van der Waals surface area (Å²) in [7, 11) is 1.91. The van der Waals surface area contributed by atoms with E-state index in [0.29, 0.717) is 26.0 Å². The van der Waals surface area contributed by atoms with Crippen molar-refractivity contribution in [2.45, 2.75) is 78.2 Å². The summed E-state index contributed by atoms with van der Waals surface area (Å²) in [6.45, 7) is 11.0. The quantitative estimate of drug-likeness (QED) is 0.259. The topological polar surface area (TPSA) is 90.9 Å². The Labute approximate surface area is 244 Å². The monoisotopic (exact) mass is 559 g/mol. The van der Waals surface area contributed by atoms with Crippen molar-refractivity contribution in [3.8, 4) is 11.5 Å². The van der Waals surface area contributed by atoms with Crippen LogP contribution in [0.3, 0.4) is 0 Å². The molecule has 0 aliphatic heterocycles. The molecule has 2 atom stereocenters. The number of likely N-dealkylation sites (N-methyl/N-ethyl adjacent to an activating group) is 1. The number of benzene rings is 3. The minimum absolute atomic E-state index is 0.183. The van der Waals surface area contributed by atoms with Gasteiger partial charge < -0.3 is 20.5 Å². The van der Waals surface area contributed by atoms with Crippen molar-refractivity contribution in [1.82, 2.24) is 15.5 Å². The van der Waals surface area contributed by atoms with Crippen molar-refractivity contribution >= 4 is 11.8 Å². The Morgan fingerprint density at radius 2 is 1.46 bits per heavy atom. The highest BCUT2D eigenvalue weighted by Crippen LogP contribution is 2.18. The summed E-state index contributed by atoms with van der Waals surface area (Å²) in [5.74, 6) is 0.816. The van der Waals surface area contributed by atoms with E-state index in [-0.39, 0.29) is 23.5 Å². The molecule has 0 aromatic heterocycles. The second-order valence-corrected chi connectivity index (χ2v) is 12.1. The fourth-order valence-corrected chi connectivity index (χ4v) is 4.57. The van der Waals surface area contributed by atoms with Crippen molar-refractivity contribution in [2.75, 3.05) is 7.05 Å². The van der Waals surface area contributed by atoms with Gasteiger partial charge in [-0.1, -0.05) is 68.4 Å². The van der Waals surface area contributed by atoms with Gasteiger partial charge in [0.05, 0.1) is 6.04 Å². The number of ether oxygens (including phenoxy) is 1. The number of hydrogen-bond donors (Lipinski definition) is 3. The number of aromatic hydroxyl groups is 1. The van der Waals surface area contributed by atoms with Gasteiger partial charge in [0.2, 0.25) is 11.8 Å². The fraction of sp³-hybridized carbons (Fsp3) is 0.412. The predicted molar refractivity (Wildman–Crippen MR) is 164 cm³/mol. The lowest BCUT2D eigenvalue weighted by atomic mass is 9.99. The SMILES string of the molecule is CC(C)C[C@@H](C(=O)N[C@@H](Cc1ccc(OCc2ccccc2)cc1)C(=O)NC(C)(C)C)N(C)Cc1ccc(O)cc1. The molecule has 0 radical (unpaired) electrons. The van der Waals surface area contributed by atoms with Gasteiger partial charge in [0.25, 0.3) is 0 Å². The number of amides is 2. The molecule has 220 valence electrons. The number of phenolic OH excluding ortho intramolecular Hbond substituents is 1. The van der Waals surface area contributed by atoms with Crippen molar-refractivity contribution in [3.63, 3.8) is 0 Å². The van der Waals surface area contributed by atoms with Gasteiger partial charge in [-0.3, -0.25) is 14.5 Å². The second kappa shape index (κ2) is 14.7. The number of hydrogen-bond acceptors (Lipinski definition) is 5. The molecule has 0 aliphatic carbocycles. The maximum Gasteiger partial charge on any atom is 0.243 e. The molecule has 0 aliphatic rings. The number of nitrogens with zero attached hydrogens (tertiary/aromatic N) is 1. The summed E-state index contributed by atoms with van der Waals surface area (Å²) in [5, 5.41) is 15.7. The highest BCUT2D eigenvalue weighted by molar-refractivity contribution is 5.90. The lowest BCUT2D eigenvalue weighted by Gasteiger charge is -2.31. The molecule has 2 amide bonds. The van der Waals surface area contributed by atoms with Gasteiger partial charge in [0.1, 0.15) is 24.1 Å². The lowest BCUT2D eigenvalue weighted by Crippen LogP contribution is -2.56. The van der Waals surface area contributed by atoms with Gasteiger partial charge in [-0.2, -0.15) is 0 Å². The Bertz CT molecular complexity index is 1240. The molecular formula is C34H45N3O4. The average Bonchev–Trinajstić information content (AvgIpc) is 2.91. The molecule has 0 bridgehead atoms. The van der Waals surface area contributed by atoms with Crippen LogP contribution in [0.4, 0.5) is 0 Å². The highest BCUT2D eigenvalue weighted by Gasteiger charge is 2.30. The van der Waals surface area contributed by atoms with E-state index in [0.717, 1.165) is 22.4 Å². The first kappa shape index (κ1) is 31.7. The van der Waals surface area contributed by atoms with E-state index in [4.69, 9.17) is 4.74 Å². The first-order valence-electron chi connectivity index (χ1n) is 14.3. The molecule has 3 aromatic rings. The second-order valence-electron chi connectivity index (χ2n) is 12.1. The first-order chi connectivity index (χ1) is 19.4. The summed E-state index contributed by atoms with van der Waals surface area (Å²) in [5.41, 5.74) is 2.56. The molecule has 3 N–H and O–H groups in total. The maximum absolute atomic E-state index is 13.7. The van der Waals surface area contributed by atoms with Crippen molar-refractivity contribution in [1.29, 1.82) is 0 Å². The Morgan fingerprint density at radius 1 is 0.854 bits per heavy atom. The zero-order valence-corrected chi connectivity index (χ0v) is 25.2. The third-order valence-corrected chi connectivity index (χ3v) is 6.64. The molecule has 0 fully saturated rings. The number of carbonyl (C=O) groups is 2. The van der Waals surface area contributed by atoms with E-state index in [9.17, 15) is 14.7 Å². The van der Waals surface area contributed by atoms with Crippen LogP contribution < -0.4 is 15.4 Å². The minimum atomic E-state index is -0.741. The fourth-order valence-electron chi connectivity index (χ4n) is 4.57. The van der Waals surface area contributed by atoms with E-state index < -0.39 is 17.6 Å². The number of rotatable bonds is 13. The van der Waals surface area contributed by atoms with Gasteiger partial charge in [0.15, 0.2) is 0 Å². The standard InChI is InChI=1S/C34H45N3O4/c1-24(2)20-31(37(6)22-26-12-16-28(38)17-13-26)33(40)35-30(32(39)36-34(3,4)5)21-25-14-18-29(19-15-25)41-23-27-10-8-7-9-11-27/h7-19,24,30-31,38H,20-23H2,1-6H3,(H,35,40)(H,36,39)/t30-,31-/m0/s1. The Balaban J connectivity index is 1.73. The predicted octanol–water partition coefficient (Wildman–Crippen LogP) is 5.46.